The van der Waals surface area contributed by atoms with Gasteiger partial charge in [-0.05, 0) is 18.2 Å². The van der Waals surface area contributed by atoms with Crippen LogP contribution in [0, 0.1) is 0 Å². The number of benzene rings is 2. The topological polar surface area (TPSA) is 271 Å². The number of hydrogen-bond donors (Lipinski definition) is 11. The highest BCUT2D eigenvalue weighted by Crippen LogP contribution is 2.50. The van der Waals surface area contributed by atoms with E-state index in [9.17, 15) is 61.0 Å². The van der Waals surface area contributed by atoms with E-state index in [1.165, 1.54) is 6.07 Å². The zero-order chi connectivity index (χ0) is 29.9. The van der Waals surface area contributed by atoms with Gasteiger partial charge in [0.1, 0.15) is 77.6 Å². The average molecular weight is 580 g/mol. The van der Waals surface area contributed by atoms with Gasteiger partial charge in [0.2, 0.25) is 0 Å². The highest BCUT2D eigenvalue weighted by Gasteiger charge is 2.48. The van der Waals surface area contributed by atoms with E-state index in [4.69, 9.17) is 13.9 Å². The molecule has 2 aliphatic heterocycles. The zero-order valence-corrected chi connectivity index (χ0v) is 21.0. The molecule has 3 aromatic rings. The second-order valence-electron chi connectivity index (χ2n) is 9.96. The summed E-state index contributed by atoms with van der Waals surface area (Å²) in [5.74, 6) is -3.21. The molecule has 0 unspecified atom stereocenters. The molecule has 0 amide bonds. The minimum absolute atomic E-state index is 0.0604. The Kier molecular flexibility index (Phi) is 7.58. The Balaban J connectivity index is 1.82. The van der Waals surface area contributed by atoms with Gasteiger partial charge in [0, 0.05) is 11.6 Å². The van der Waals surface area contributed by atoms with Crippen molar-refractivity contribution in [2.24, 2.45) is 0 Å². The maximum absolute atomic E-state index is 13.4. The molecule has 9 atom stereocenters. The maximum atomic E-state index is 13.4. The van der Waals surface area contributed by atoms with Gasteiger partial charge in [0.15, 0.2) is 22.5 Å². The van der Waals surface area contributed by atoms with E-state index in [-0.39, 0.29) is 11.3 Å². The molecule has 2 aliphatic rings. The molecule has 1 aromatic heterocycles. The predicted octanol–water partition coefficient (Wildman–Crippen LogP) is -2.05. The van der Waals surface area contributed by atoms with Crippen molar-refractivity contribution in [2.75, 3.05) is 13.2 Å². The van der Waals surface area contributed by atoms with Gasteiger partial charge in [-0.3, -0.25) is 4.79 Å². The second-order valence-corrected chi connectivity index (χ2v) is 9.96. The Labute approximate surface area is 229 Å². The molecular formula is C26H28O15. The molecule has 15 heteroatoms. The third-order valence-corrected chi connectivity index (χ3v) is 7.42. The van der Waals surface area contributed by atoms with E-state index in [0.29, 0.717) is 0 Å². The standard InChI is InChI=1S/C26H28O15/c27-5-13-18(33)21(36)23(38)26(41-13)16-20(35)15(25-22(37)17(32)11(31)6-39-25)19(34)14-10(30)4-12(40-24(14)16)7-1-2-8(28)9(29)3-7/h1-4,11,13,17-18,21-23,25-29,31-38H,5-6H2/t11-,13+,17+,18-,21+,22+,23-,25+,26+/m1/s1. The fraction of sp³-hybridized carbons (Fsp3) is 0.423. The predicted molar refractivity (Wildman–Crippen MR) is 134 cm³/mol. The summed E-state index contributed by atoms with van der Waals surface area (Å²) in [6.07, 6.45) is -16.0. The monoisotopic (exact) mass is 580 g/mol. The minimum Gasteiger partial charge on any atom is -0.507 e. The zero-order valence-electron chi connectivity index (χ0n) is 21.0. The van der Waals surface area contributed by atoms with E-state index in [0.717, 1.165) is 18.2 Å². The van der Waals surface area contributed by atoms with Crippen LogP contribution in [0.25, 0.3) is 22.3 Å². The van der Waals surface area contributed by atoms with E-state index < -0.39 is 119 Å². The molecule has 3 heterocycles. The van der Waals surface area contributed by atoms with Crippen molar-refractivity contribution in [3.05, 3.63) is 45.6 Å². The van der Waals surface area contributed by atoms with E-state index in [1.54, 1.807) is 0 Å². The number of aromatic hydroxyl groups is 4. The lowest BCUT2D eigenvalue weighted by atomic mass is 9.85. The Hall–Kier alpha value is -3.51. The van der Waals surface area contributed by atoms with Crippen LogP contribution in [0.4, 0.5) is 0 Å². The smallest absolute Gasteiger partial charge is 0.197 e. The van der Waals surface area contributed by atoms with Crippen molar-refractivity contribution in [3.63, 3.8) is 0 Å². The summed E-state index contributed by atoms with van der Waals surface area (Å²) in [6.45, 7) is -1.39. The quantitative estimate of drug-likeness (QED) is 0.148. The first-order valence-corrected chi connectivity index (χ1v) is 12.4. The van der Waals surface area contributed by atoms with Crippen LogP contribution in [0.1, 0.15) is 23.3 Å². The first-order valence-electron chi connectivity index (χ1n) is 12.4. The van der Waals surface area contributed by atoms with Gasteiger partial charge in [-0.1, -0.05) is 0 Å². The largest absolute Gasteiger partial charge is 0.507 e. The van der Waals surface area contributed by atoms with Crippen LogP contribution in [0.5, 0.6) is 23.0 Å². The van der Waals surface area contributed by atoms with Gasteiger partial charge in [-0.15, -0.1) is 0 Å². The Morgan fingerprint density at radius 1 is 0.756 bits per heavy atom. The number of aliphatic hydroxyl groups excluding tert-OH is 7. The van der Waals surface area contributed by atoms with Gasteiger partial charge in [-0.25, -0.2) is 0 Å². The van der Waals surface area contributed by atoms with Gasteiger partial charge in [0.05, 0.1) is 24.3 Å². The first-order chi connectivity index (χ1) is 19.4. The molecule has 222 valence electrons. The fourth-order valence-corrected chi connectivity index (χ4v) is 5.16. The number of ether oxygens (including phenoxy) is 2. The van der Waals surface area contributed by atoms with Crippen LogP contribution < -0.4 is 5.43 Å². The summed E-state index contributed by atoms with van der Waals surface area (Å²) in [4.78, 5) is 13.4. The van der Waals surface area contributed by atoms with Crippen molar-refractivity contribution < 1.29 is 70.1 Å². The number of aliphatic hydroxyl groups is 7. The molecule has 11 N–H and O–H groups in total. The molecule has 2 saturated heterocycles. The molecule has 41 heavy (non-hydrogen) atoms. The molecular weight excluding hydrogens is 552 g/mol. The number of rotatable bonds is 4. The molecule has 5 rings (SSSR count). The number of hydrogen-bond acceptors (Lipinski definition) is 15. The van der Waals surface area contributed by atoms with Gasteiger partial charge < -0.3 is 70.1 Å². The lowest BCUT2D eigenvalue weighted by Crippen LogP contribution is -2.55. The van der Waals surface area contributed by atoms with Crippen molar-refractivity contribution in [3.8, 4) is 34.3 Å². The lowest BCUT2D eigenvalue weighted by Gasteiger charge is -2.41. The van der Waals surface area contributed by atoms with E-state index >= 15 is 0 Å². The summed E-state index contributed by atoms with van der Waals surface area (Å²) >= 11 is 0. The third kappa shape index (κ3) is 4.66. The summed E-state index contributed by atoms with van der Waals surface area (Å²) in [7, 11) is 0. The van der Waals surface area contributed by atoms with Gasteiger partial charge >= 0.3 is 0 Å². The highest BCUT2D eigenvalue weighted by atomic mass is 16.5. The van der Waals surface area contributed by atoms with Gasteiger partial charge in [-0.2, -0.15) is 0 Å². The molecule has 0 bridgehead atoms. The first kappa shape index (κ1) is 29.0. The van der Waals surface area contributed by atoms with Crippen molar-refractivity contribution in [1.29, 1.82) is 0 Å². The van der Waals surface area contributed by atoms with Crippen LogP contribution in [0.15, 0.2) is 33.5 Å². The van der Waals surface area contributed by atoms with Crippen molar-refractivity contribution in [1.82, 2.24) is 0 Å². The second kappa shape index (κ2) is 10.7. The van der Waals surface area contributed by atoms with Crippen LogP contribution in [-0.2, 0) is 9.47 Å². The number of phenols is 4. The normalized spacial score (nSPS) is 32.3. The highest BCUT2D eigenvalue weighted by molar-refractivity contribution is 5.92. The molecule has 2 aromatic carbocycles. The Morgan fingerprint density at radius 2 is 1.44 bits per heavy atom. The van der Waals surface area contributed by atoms with Crippen molar-refractivity contribution in [2.45, 2.75) is 54.9 Å². The number of fused-ring (bicyclic) bond motifs is 1. The van der Waals surface area contributed by atoms with Crippen molar-refractivity contribution >= 4 is 11.0 Å². The van der Waals surface area contributed by atoms with Crippen LogP contribution >= 0.6 is 0 Å². The van der Waals surface area contributed by atoms with Crippen LogP contribution in [-0.4, -0.2) is 112 Å². The molecule has 0 radical (unpaired) electrons. The minimum atomic E-state index is -2.00. The van der Waals surface area contributed by atoms with E-state index in [1.807, 2.05) is 0 Å². The summed E-state index contributed by atoms with van der Waals surface area (Å²) < 4.78 is 16.8. The average Bonchev–Trinajstić information content (AvgIpc) is 2.93. The molecule has 0 aliphatic carbocycles. The molecule has 2 fully saturated rings. The molecule has 0 spiro atoms. The molecule has 15 nitrogen and oxygen atoms in total. The SMILES string of the molecule is O=c1cc(-c2ccc(O)c(O)c2)oc2c([C@@H]3O[C@@H](CO)[C@@H](O)[C@H](O)[C@H]3O)c(O)c([C@@H]3OC[C@@H](O)[C@H](O)[C@@H]3O)c(O)c12. The van der Waals surface area contributed by atoms with Gasteiger partial charge in [0.25, 0.3) is 0 Å². The number of phenolic OH excluding ortho intramolecular Hbond substituents is 4. The fourth-order valence-electron chi connectivity index (χ4n) is 5.16. The van der Waals surface area contributed by atoms with Crippen LogP contribution in [0.2, 0.25) is 0 Å². The van der Waals surface area contributed by atoms with E-state index in [2.05, 4.69) is 0 Å². The maximum Gasteiger partial charge on any atom is 0.197 e. The Morgan fingerprint density at radius 3 is 2.10 bits per heavy atom. The summed E-state index contributed by atoms with van der Waals surface area (Å²) in [6, 6.07) is 4.34. The lowest BCUT2D eigenvalue weighted by molar-refractivity contribution is -0.231. The summed E-state index contributed by atoms with van der Waals surface area (Å²) in [5.41, 5.74) is -2.68. The van der Waals surface area contributed by atoms with Crippen LogP contribution in [0.3, 0.4) is 0 Å². The molecule has 0 saturated carbocycles. The Bertz CT molecular complexity index is 1520. The summed E-state index contributed by atoms with van der Waals surface area (Å²) in [5, 5.41) is 114. The third-order valence-electron chi connectivity index (χ3n) is 7.42.